The maximum Gasteiger partial charge on any atom is 0.339 e. The molecular formula is C17H17N5O3. The number of H-pyrrole nitrogens is 1. The van der Waals surface area contributed by atoms with Crippen LogP contribution >= 0.6 is 0 Å². The van der Waals surface area contributed by atoms with E-state index >= 15 is 0 Å². The lowest BCUT2D eigenvalue weighted by Gasteiger charge is -2.24. The highest BCUT2D eigenvalue weighted by atomic mass is 16.4. The number of carboxylic acids is 1. The molecule has 3 heterocycles. The van der Waals surface area contributed by atoms with E-state index in [1.807, 2.05) is 24.3 Å². The third-order valence-electron chi connectivity index (χ3n) is 4.79. The summed E-state index contributed by atoms with van der Waals surface area (Å²) in [6, 6.07) is 7.46. The van der Waals surface area contributed by atoms with Crippen LogP contribution in [-0.2, 0) is 5.60 Å². The average molecular weight is 339 g/mol. The number of para-hydroxylation sites is 1. The first-order valence-corrected chi connectivity index (χ1v) is 7.96. The number of aryl methyl sites for hydroxylation is 1. The standard InChI is InChI=1S/C17H17N5O3/c1-10-11-4-2-3-5-12(11)19-15(14(10)16(23)24)22-7-6-17(25,9-22)13-8-18-21-20-13/h2-5,8,25H,6-7,9H2,1H3,(H,23,24)(H,18,20,21). The SMILES string of the molecule is Cc1c(C(=O)O)c(N2CCC(O)(c3cn[nH]n3)C2)nc2ccccc12. The van der Waals surface area contributed by atoms with Crippen LogP contribution in [0.5, 0.6) is 0 Å². The van der Waals surface area contributed by atoms with Crippen molar-refractivity contribution in [3.63, 3.8) is 0 Å². The fourth-order valence-electron chi connectivity index (χ4n) is 3.45. The van der Waals surface area contributed by atoms with Crippen LogP contribution in [0, 0.1) is 6.92 Å². The molecule has 0 amide bonds. The van der Waals surface area contributed by atoms with E-state index in [2.05, 4.69) is 20.4 Å². The summed E-state index contributed by atoms with van der Waals surface area (Å²) in [6.07, 6.45) is 1.91. The molecule has 0 spiro atoms. The maximum absolute atomic E-state index is 11.9. The number of aromatic nitrogens is 4. The number of pyridine rings is 1. The summed E-state index contributed by atoms with van der Waals surface area (Å²) in [7, 11) is 0. The second-order valence-electron chi connectivity index (χ2n) is 6.32. The largest absolute Gasteiger partial charge is 0.478 e. The lowest BCUT2D eigenvalue weighted by atomic mass is 10.00. The van der Waals surface area contributed by atoms with E-state index < -0.39 is 11.6 Å². The zero-order valence-corrected chi connectivity index (χ0v) is 13.6. The Bertz CT molecular complexity index is 956. The van der Waals surface area contributed by atoms with Gasteiger partial charge in [0.15, 0.2) is 0 Å². The second kappa shape index (κ2) is 5.52. The zero-order chi connectivity index (χ0) is 17.6. The van der Waals surface area contributed by atoms with Gasteiger partial charge in [-0.25, -0.2) is 9.78 Å². The van der Waals surface area contributed by atoms with E-state index in [4.69, 9.17) is 0 Å². The maximum atomic E-state index is 11.9. The molecule has 0 radical (unpaired) electrons. The van der Waals surface area contributed by atoms with Crippen LogP contribution < -0.4 is 4.90 Å². The molecule has 4 rings (SSSR count). The molecule has 3 aromatic rings. The predicted molar refractivity (Wildman–Crippen MR) is 90.5 cm³/mol. The highest BCUT2D eigenvalue weighted by Gasteiger charge is 2.41. The van der Waals surface area contributed by atoms with Gasteiger partial charge in [0.05, 0.1) is 18.3 Å². The molecule has 1 unspecified atom stereocenters. The van der Waals surface area contributed by atoms with Gasteiger partial charge in [-0.2, -0.15) is 15.4 Å². The van der Waals surface area contributed by atoms with Gasteiger partial charge in [0.1, 0.15) is 22.7 Å². The Hall–Kier alpha value is -3.00. The summed E-state index contributed by atoms with van der Waals surface area (Å²) in [5, 5.41) is 31.6. The second-order valence-corrected chi connectivity index (χ2v) is 6.32. The van der Waals surface area contributed by atoms with Crippen molar-refractivity contribution in [2.24, 2.45) is 0 Å². The molecular weight excluding hydrogens is 322 g/mol. The molecule has 1 saturated heterocycles. The lowest BCUT2D eigenvalue weighted by molar-refractivity contribution is 0.0557. The first-order chi connectivity index (χ1) is 12.0. The fourth-order valence-corrected chi connectivity index (χ4v) is 3.45. The number of aromatic carboxylic acids is 1. The highest BCUT2D eigenvalue weighted by molar-refractivity contribution is 6.01. The van der Waals surface area contributed by atoms with Crippen molar-refractivity contribution in [1.29, 1.82) is 0 Å². The Morgan fingerprint density at radius 1 is 1.36 bits per heavy atom. The Morgan fingerprint density at radius 2 is 2.16 bits per heavy atom. The molecule has 0 saturated carbocycles. The zero-order valence-electron chi connectivity index (χ0n) is 13.6. The van der Waals surface area contributed by atoms with Crippen LogP contribution in [0.15, 0.2) is 30.5 Å². The molecule has 128 valence electrons. The van der Waals surface area contributed by atoms with E-state index in [-0.39, 0.29) is 12.1 Å². The molecule has 0 aliphatic carbocycles. The van der Waals surface area contributed by atoms with E-state index in [0.29, 0.717) is 30.0 Å². The van der Waals surface area contributed by atoms with Crippen molar-refractivity contribution in [3.05, 3.63) is 47.3 Å². The summed E-state index contributed by atoms with van der Waals surface area (Å²) in [5.74, 6) is -0.647. The minimum absolute atomic E-state index is 0.170. The van der Waals surface area contributed by atoms with Gasteiger partial charge in [0.2, 0.25) is 0 Å². The number of anilines is 1. The van der Waals surface area contributed by atoms with Crippen LogP contribution in [-0.4, -0.2) is 49.7 Å². The summed E-state index contributed by atoms with van der Waals surface area (Å²) >= 11 is 0. The quantitative estimate of drug-likeness (QED) is 0.661. The summed E-state index contributed by atoms with van der Waals surface area (Å²) in [4.78, 5) is 18.3. The molecule has 1 atom stereocenters. The van der Waals surface area contributed by atoms with Crippen molar-refractivity contribution < 1.29 is 15.0 Å². The van der Waals surface area contributed by atoms with Crippen LogP contribution in [0.3, 0.4) is 0 Å². The van der Waals surface area contributed by atoms with E-state index in [9.17, 15) is 15.0 Å². The molecule has 8 heteroatoms. The molecule has 1 fully saturated rings. The van der Waals surface area contributed by atoms with Crippen molar-refractivity contribution in [3.8, 4) is 0 Å². The van der Waals surface area contributed by atoms with E-state index in [1.54, 1.807) is 11.8 Å². The van der Waals surface area contributed by atoms with Gasteiger partial charge < -0.3 is 15.1 Å². The van der Waals surface area contributed by atoms with Crippen molar-refractivity contribution in [2.75, 3.05) is 18.0 Å². The van der Waals surface area contributed by atoms with Crippen LogP contribution in [0.4, 0.5) is 5.82 Å². The van der Waals surface area contributed by atoms with Crippen molar-refractivity contribution in [1.82, 2.24) is 20.4 Å². The number of aliphatic hydroxyl groups is 1. The van der Waals surface area contributed by atoms with Crippen molar-refractivity contribution in [2.45, 2.75) is 18.9 Å². The third kappa shape index (κ3) is 2.42. The minimum Gasteiger partial charge on any atom is -0.478 e. The average Bonchev–Trinajstić information content (AvgIpc) is 3.25. The third-order valence-corrected chi connectivity index (χ3v) is 4.79. The summed E-state index contributed by atoms with van der Waals surface area (Å²) in [6.45, 7) is 2.48. The van der Waals surface area contributed by atoms with Gasteiger partial charge in [0, 0.05) is 18.4 Å². The number of nitrogens with one attached hydrogen (secondary N) is 1. The van der Waals surface area contributed by atoms with Crippen LogP contribution in [0.1, 0.15) is 28.0 Å². The summed E-state index contributed by atoms with van der Waals surface area (Å²) in [5.41, 5.74) is 0.846. The lowest BCUT2D eigenvalue weighted by Crippen LogP contribution is -2.32. The number of β-amino-alcohol motifs (C(OH)–C–C–N with tert-alkyl or cyclic N) is 1. The first kappa shape index (κ1) is 15.5. The van der Waals surface area contributed by atoms with Gasteiger partial charge in [-0.1, -0.05) is 18.2 Å². The Labute approximate surface area is 143 Å². The molecule has 2 aromatic heterocycles. The molecule has 8 nitrogen and oxygen atoms in total. The van der Waals surface area contributed by atoms with Crippen molar-refractivity contribution >= 4 is 22.7 Å². The Kier molecular flexibility index (Phi) is 3.43. The first-order valence-electron chi connectivity index (χ1n) is 7.96. The smallest absolute Gasteiger partial charge is 0.339 e. The Balaban J connectivity index is 1.82. The van der Waals surface area contributed by atoms with E-state index in [0.717, 1.165) is 10.9 Å². The molecule has 25 heavy (non-hydrogen) atoms. The van der Waals surface area contributed by atoms with Crippen LogP contribution in [0.25, 0.3) is 10.9 Å². The van der Waals surface area contributed by atoms with Crippen LogP contribution in [0.2, 0.25) is 0 Å². The number of rotatable bonds is 3. The topological polar surface area (TPSA) is 115 Å². The number of hydrogen-bond donors (Lipinski definition) is 3. The minimum atomic E-state index is -1.18. The molecule has 1 aromatic carbocycles. The Morgan fingerprint density at radius 3 is 2.88 bits per heavy atom. The molecule has 1 aliphatic rings. The number of carbonyl (C=O) groups is 1. The normalized spacial score (nSPS) is 20.3. The highest BCUT2D eigenvalue weighted by Crippen LogP contribution is 2.36. The number of hydrogen-bond acceptors (Lipinski definition) is 6. The fraction of sp³-hybridized carbons (Fsp3) is 0.294. The van der Waals surface area contributed by atoms with Gasteiger partial charge in [-0.05, 0) is 18.6 Å². The molecule has 1 aliphatic heterocycles. The molecule has 3 N–H and O–H groups in total. The van der Waals surface area contributed by atoms with Gasteiger partial charge in [-0.15, -0.1) is 0 Å². The van der Waals surface area contributed by atoms with Gasteiger partial charge in [-0.3, -0.25) is 0 Å². The number of nitrogens with zero attached hydrogens (tertiary/aromatic N) is 4. The van der Waals surface area contributed by atoms with Gasteiger partial charge in [0.25, 0.3) is 0 Å². The number of carboxylic acid groups (broad SMARTS) is 1. The monoisotopic (exact) mass is 339 g/mol. The number of fused-ring (bicyclic) bond motifs is 1. The van der Waals surface area contributed by atoms with E-state index in [1.165, 1.54) is 6.20 Å². The number of benzene rings is 1. The summed E-state index contributed by atoms with van der Waals surface area (Å²) < 4.78 is 0. The molecule has 0 bridgehead atoms. The number of aromatic amines is 1. The van der Waals surface area contributed by atoms with Gasteiger partial charge >= 0.3 is 5.97 Å². The predicted octanol–water partition coefficient (Wildman–Crippen LogP) is 1.46.